The van der Waals surface area contributed by atoms with Crippen molar-refractivity contribution in [1.29, 1.82) is 0 Å². The van der Waals surface area contributed by atoms with E-state index in [4.69, 9.17) is 0 Å². The van der Waals surface area contributed by atoms with Gasteiger partial charge in [-0.15, -0.1) is 12.6 Å². The maximum atomic E-state index is 4.36. The quantitative estimate of drug-likeness (QED) is 0.686. The number of benzene rings is 2. The van der Waals surface area contributed by atoms with Crippen LogP contribution in [0.1, 0.15) is 30.5 Å². The highest BCUT2D eigenvalue weighted by Gasteiger charge is 2.05. The molecule has 2 rings (SSSR count). The van der Waals surface area contributed by atoms with Crippen LogP contribution in [0.15, 0.2) is 41.3 Å². The molecule has 0 aliphatic carbocycles. The summed E-state index contributed by atoms with van der Waals surface area (Å²) in [5, 5.41) is 6.72. The first kappa shape index (κ1) is 17.6. The predicted molar refractivity (Wildman–Crippen MR) is 97.0 cm³/mol. The molecule has 0 spiro atoms. The van der Waals surface area contributed by atoms with E-state index >= 15 is 0 Å². The lowest BCUT2D eigenvalue weighted by Gasteiger charge is -2.15. The van der Waals surface area contributed by atoms with Gasteiger partial charge in [-0.3, -0.25) is 0 Å². The van der Waals surface area contributed by atoms with Crippen molar-refractivity contribution in [3.63, 3.8) is 0 Å². The Labute approximate surface area is 134 Å². The Morgan fingerprint density at radius 1 is 0.952 bits per heavy atom. The average molecular weight is 302 g/mol. The summed E-state index contributed by atoms with van der Waals surface area (Å²) >= 11 is 4.36. The third kappa shape index (κ3) is 5.10. The first-order chi connectivity index (χ1) is 10.1. The van der Waals surface area contributed by atoms with Crippen molar-refractivity contribution in [3.05, 3.63) is 53.1 Å². The van der Waals surface area contributed by atoms with Gasteiger partial charge in [0.1, 0.15) is 0 Å². The maximum absolute atomic E-state index is 4.36. The van der Waals surface area contributed by atoms with Crippen LogP contribution in [-0.4, -0.2) is 7.05 Å². The molecule has 2 aromatic rings. The summed E-state index contributed by atoms with van der Waals surface area (Å²) in [7, 11) is 1.96. The van der Waals surface area contributed by atoms with Gasteiger partial charge in [0, 0.05) is 22.8 Å². The second-order valence-electron chi connectivity index (χ2n) is 4.82. The molecule has 21 heavy (non-hydrogen) atoms. The molecular weight excluding hydrogens is 276 g/mol. The van der Waals surface area contributed by atoms with E-state index in [0.29, 0.717) is 0 Å². The van der Waals surface area contributed by atoms with E-state index in [0.717, 1.165) is 22.8 Å². The van der Waals surface area contributed by atoms with E-state index in [1.165, 1.54) is 16.7 Å². The molecule has 0 amide bonds. The van der Waals surface area contributed by atoms with Gasteiger partial charge < -0.3 is 10.6 Å². The fourth-order valence-electron chi connectivity index (χ4n) is 2.08. The Balaban J connectivity index is 0.00000106. The Kier molecular flexibility index (Phi) is 7.34. The molecule has 0 radical (unpaired) electrons. The van der Waals surface area contributed by atoms with Crippen molar-refractivity contribution in [2.45, 2.75) is 39.1 Å². The highest BCUT2D eigenvalue weighted by Crippen LogP contribution is 2.26. The summed E-state index contributed by atoms with van der Waals surface area (Å²) in [4.78, 5) is 0.989. The first-order valence-corrected chi connectivity index (χ1v) is 7.85. The van der Waals surface area contributed by atoms with Crippen molar-refractivity contribution in [2.24, 2.45) is 0 Å². The number of anilines is 2. The van der Waals surface area contributed by atoms with Gasteiger partial charge in [0.05, 0.1) is 0 Å². The standard InChI is InChI=1S/C16H20N2S.C2H6/c1-11-4-5-13(10-17-3)16(8-11)18-15-7-6-14(19)9-12(15)2;1-2/h4-9,17-19H,10H2,1-3H3;1-2H3. The normalized spacial score (nSPS) is 9.81. The molecule has 3 heteroatoms. The van der Waals surface area contributed by atoms with Gasteiger partial charge in [0.15, 0.2) is 0 Å². The second kappa shape index (κ2) is 8.75. The molecule has 2 N–H and O–H groups in total. The van der Waals surface area contributed by atoms with Crippen molar-refractivity contribution in [2.75, 3.05) is 12.4 Å². The lowest BCUT2D eigenvalue weighted by Crippen LogP contribution is -2.08. The number of hydrogen-bond donors (Lipinski definition) is 3. The van der Waals surface area contributed by atoms with Crippen LogP contribution in [0.4, 0.5) is 11.4 Å². The van der Waals surface area contributed by atoms with Crippen LogP contribution in [-0.2, 0) is 6.54 Å². The Bertz CT molecular complexity index is 579. The van der Waals surface area contributed by atoms with Gasteiger partial charge >= 0.3 is 0 Å². The summed E-state index contributed by atoms with van der Waals surface area (Å²) in [6.45, 7) is 9.06. The zero-order chi connectivity index (χ0) is 15.8. The molecule has 0 saturated carbocycles. The molecule has 0 heterocycles. The maximum Gasteiger partial charge on any atom is 0.0432 e. The zero-order valence-corrected chi connectivity index (χ0v) is 14.5. The smallest absolute Gasteiger partial charge is 0.0432 e. The third-order valence-corrected chi connectivity index (χ3v) is 3.39. The summed E-state index contributed by atoms with van der Waals surface area (Å²) in [5.41, 5.74) is 6.00. The summed E-state index contributed by atoms with van der Waals surface area (Å²) in [6, 6.07) is 12.6. The van der Waals surface area contributed by atoms with Crippen LogP contribution in [0.25, 0.3) is 0 Å². The molecule has 0 aromatic heterocycles. The van der Waals surface area contributed by atoms with Crippen molar-refractivity contribution < 1.29 is 0 Å². The molecule has 0 atom stereocenters. The number of thiol groups is 1. The minimum Gasteiger partial charge on any atom is -0.355 e. The monoisotopic (exact) mass is 302 g/mol. The first-order valence-electron chi connectivity index (χ1n) is 7.41. The molecule has 0 aliphatic heterocycles. The van der Waals surface area contributed by atoms with Crippen LogP contribution in [0.3, 0.4) is 0 Å². The SMILES string of the molecule is CC.CNCc1ccc(C)cc1Nc1ccc(S)cc1C. The van der Waals surface area contributed by atoms with E-state index < -0.39 is 0 Å². The molecule has 0 unspecified atom stereocenters. The van der Waals surface area contributed by atoms with Crippen LogP contribution >= 0.6 is 12.6 Å². The topological polar surface area (TPSA) is 24.1 Å². The highest BCUT2D eigenvalue weighted by atomic mass is 32.1. The van der Waals surface area contributed by atoms with Gasteiger partial charge in [-0.05, 0) is 61.9 Å². The molecule has 114 valence electrons. The van der Waals surface area contributed by atoms with Crippen molar-refractivity contribution >= 4 is 24.0 Å². The summed E-state index contributed by atoms with van der Waals surface area (Å²) in [6.07, 6.45) is 0. The molecule has 0 bridgehead atoms. The van der Waals surface area contributed by atoms with Gasteiger partial charge in [0.25, 0.3) is 0 Å². The van der Waals surface area contributed by atoms with Gasteiger partial charge in [-0.25, -0.2) is 0 Å². The van der Waals surface area contributed by atoms with E-state index in [-0.39, 0.29) is 0 Å². The Morgan fingerprint density at radius 3 is 2.29 bits per heavy atom. The lowest BCUT2D eigenvalue weighted by atomic mass is 10.1. The Morgan fingerprint density at radius 2 is 1.67 bits per heavy atom. The molecule has 0 fully saturated rings. The van der Waals surface area contributed by atoms with Gasteiger partial charge in [-0.1, -0.05) is 26.0 Å². The molecule has 2 nitrogen and oxygen atoms in total. The fourth-order valence-corrected chi connectivity index (χ4v) is 2.35. The van der Waals surface area contributed by atoms with Gasteiger partial charge in [0.2, 0.25) is 0 Å². The van der Waals surface area contributed by atoms with E-state index in [1.807, 2.05) is 27.0 Å². The van der Waals surface area contributed by atoms with Crippen LogP contribution < -0.4 is 10.6 Å². The molecular formula is C18H26N2S. The number of hydrogen-bond acceptors (Lipinski definition) is 3. The van der Waals surface area contributed by atoms with E-state index in [2.05, 4.69) is 67.4 Å². The Hall–Kier alpha value is -1.45. The van der Waals surface area contributed by atoms with Crippen LogP contribution in [0.2, 0.25) is 0 Å². The van der Waals surface area contributed by atoms with Crippen molar-refractivity contribution in [1.82, 2.24) is 5.32 Å². The second-order valence-corrected chi connectivity index (χ2v) is 5.33. The van der Waals surface area contributed by atoms with Crippen molar-refractivity contribution in [3.8, 4) is 0 Å². The van der Waals surface area contributed by atoms with E-state index in [9.17, 15) is 0 Å². The van der Waals surface area contributed by atoms with Crippen LogP contribution in [0, 0.1) is 13.8 Å². The fraction of sp³-hybridized carbons (Fsp3) is 0.333. The molecule has 2 aromatic carbocycles. The minimum absolute atomic E-state index is 0.853. The number of aryl methyl sites for hydroxylation is 2. The largest absolute Gasteiger partial charge is 0.355 e. The predicted octanol–water partition coefficient (Wildman–Crippen LogP) is 5.08. The lowest BCUT2D eigenvalue weighted by molar-refractivity contribution is 0.819. The molecule has 0 saturated heterocycles. The van der Waals surface area contributed by atoms with E-state index in [1.54, 1.807) is 0 Å². The van der Waals surface area contributed by atoms with Gasteiger partial charge in [-0.2, -0.15) is 0 Å². The average Bonchev–Trinajstić information content (AvgIpc) is 2.47. The minimum atomic E-state index is 0.853. The number of nitrogens with one attached hydrogen (secondary N) is 2. The van der Waals surface area contributed by atoms with Crippen LogP contribution in [0.5, 0.6) is 0 Å². The number of rotatable bonds is 4. The highest BCUT2D eigenvalue weighted by molar-refractivity contribution is 7.80. The molecule has 0 aliphatic rings. The summed E-state index contributed by atoms with van der Waals surface area (Å²) in [5.74, 6) is 0. The third-order valence-electron chi connectivity index (χ3n) is 3.11. The zero-order valence-electron chi connectivity index (χ0n) is 13.6. The summed E-state index contributed by atoms with van der Waals surface area (Å²) < 4.78 is 0.